The maximum absolute atomic E-state index is 13.2. The average molecular weight is 398 g/mol. The molecular weight excluding hydrogens is 383 g/mol. The first-order valence-corrected chi connectivity index (χ1v) is 9.25. The molecule has 3 heterocycles. The maximum Gasteiger partial charge on any atom is 0.238 e. The normalized spacial score (nSPS) is 12.2. The number of benzene rings is 1. The van der Waals surface area contributed by atoms with Crippen molar-refractivity contribution in [1.82, 2.24) is 24.9 Å². The molecule has 1 atom stereocenters. The number of hydrogen-bond acceptors (Lipinski definition) is 7. The molecule has 8 nitrogen and oxygen atoms in total. The summed E-state index contributed by atoms with van der Waals surface area (Å²) in [5.41, 5.74) is 1.25. The van der Waals surface area contributed by atoms with E-state index in [9.17, 15) is 9.18 Å². The van der Waals surface area contributed by atoms with Crippen LogP contribution in [0.2, 0.25) is 0 Å². The summed E-state index contributed by atoms with van der Waals surface area (Å²) in [7, 11) is 0. The van der Waals surface area contributed by atoms with E-state index in [1.54, 1.807) is 42.9 Å². The highest BCUT2D eigenvalue weighted by Crippen LogP contribution is 2.29. The van der Waals surface area contributed by atoms with Crippen molar-refractivity contribution in [2.45, 2.75) is 24.1 Å². The van der Waals surface area contributed by atoms with Gasteiger partial charge in [0.25, 0.3) is 0 Å². The van der Waals surface area contributed by atoms with Gasteiger partial charge in [-0.15, -0.1) is 0 Å². The Labute approximate surface area is 163 Å². The third-order valence-electron chi connectivity index (χ3n) is 3.94. The van der Waals surface area contributed by atoms with Gasteiger partial charge in [-0.2, -0.15) is 5.10 Å². The van der Waals surface area contributed by atoms with E-state index in [4.69, 9.17) is 4.52 Å². The standard InChI is InChI=1S/C18H15FN6O2S/c1-10-7-15(24-27-10)23-17(26)11(2)28-18-14-8-22-25(16(14)20-9-21-18)13-5-3-12(19)4-6-13/h3-9,11H,1-2H3,(H,23,24,26). The van der Waals surface area contributed by atoms with Crippen LogP contribution < -0.4 is 5.32 Å². The summed E-state index contributed by atoms with van der Waals surface area (Å²) in [6, 6.07) is 7.60. The molecule has 28 heavy (non-hydrogen) atoms. The fourth-order valence-corrected chi connectivity index (χ4v) is 3.44. The van der Waals surface area contributed by atoms with Crippen LogP contribution in [0.4, 0.5) is 10.2 Å². The fourth-order valence-electron chi connectivity index (χ4n) is 2.56. The number of amides is 1. The lowest BCUT2D eigenvalue weighted by atomic mass is 10.3. The number of aromatic nitrogens is 5. The smallest absolute Gasteiger partial charge is 0.238 e. The molecule has 4 aromatic rings. The highest BCUT2D eigenvalue weighted by atomic mass is 32.2. The van der Waals surface area contributed by atoms with Gasteiger partial charge in [0.15, 0.2) is 11.5 Å². The second kappa shape index (κ2) is 7.39. The third kappa shape index (κ3) is 3.58. The van der Waals surface area contributed by atoms with Crippen LogP contribution in [0.15, 0.2) is 52.4 Å². The van der Waals surface area contributed by atoms with Gasteiger partial charge in [0.1, 0.15) is 22.9 Å². The second-order valence-corrected chi connectivity index (χ2v) is 7.35. The van der Waals surface area contributed by atoms with Crippen LogP contribution in [-0.2, 0) is 4.79 Å². The van der Waals surface area contributed by atoms with E-state index in [-0.39, 0.29) is 11.7 Å². The number of carbonyl (C=O) groups is 1. The molecule has 0 saturated heterocycles. The Morgan fingerprint density at radius 2 is 2.07 bits per heavy atom. The molecule has 3 aromatic heterocycles. The Balaban J connectivity index is 1.57. The van der Waals surface area contributed by atoms with E-state index in [1.807, 2.05) is 0 Å². The zero-order valence-electron chi connectivity index (χ0n) is 15.0. The Morgan fingerprint density at radius 3 is 2.79 bits per heavy atom. The summed E-state index contributed by atoms with van der Waals surface area (Å²) in [5, 5.41) is 11.7. The molecule has 0 saturated carbocycles. The van der Waals surface area contributed by atoms with E-state index in [0.717, 1.165) is 0 Å². The van der Waals surface area contributed by atoms with Crippen LogP contribution in [0.1, 0.15) is 12.7 Å². The number of fused-ring (bicyclic) bond motifs is 1. The number of rotatable bonds is 5. The monoisotopic (exact) mass is 398 g/mol. The van der Waals surface area contributed by atoms with Crippen molar-refractivity contribution in [3.05, 3.63) is 54.4 Å². The van der Waals surface area contributed by atoms with E-state index >= 15 is 0 Å². The molecule has 1 unspecified atom stereocenters. The van der Waals surface area contributed by atoms with Crippen LogP contribution in [0.3, 0.4) is 0 Å². The van der Waals surface area contributed by atoms with Gasteiger partial charge < -0.3 is 9.84 Å². The molecule has 0 fully saturated rings. The van der Waals surface area contributed by atoms with Gasteiger partial charge >= 0.3 is 0 Å². The van der Waals surface area contributed by atoms with Gasteiger partial charge in [-0.05, 0) is 38.1 Å². The van der Waals surface area contributed by atoms with Crippen LogP contribution in [0.25, 0.3) is 16.7 Å². The highest BCUT2D eigenvalue weighted by Gasteiger charge is 2.20. The lowest BCUT2D eigenvalue weighted by molar-refractivity contribution is -0.115. The molecule has 0 aliphatic heterocycles. The Hall–Kier alpha value is -3.27. The molecule has 142 valence electrons. The van der Waals surface area contributed by atoms with Crippen LogP contribution >= 0.6 is 11.8 Å². The van der Waals surface area contributed by atoms with Crippen molar-refractivity contribution in [3.63, 3.8) is 0 Å². The Bertz CT molecular complexity index is 1140. The molecule has 0 aliphatic carbocycles. The molecule has 0 spiro atoms. The van der Waals surface area contributed by atoms with Crippen LogP contribution in [0.5, 0.6) is 0 Å². The molecule has 1 aromatic carbocycles. The number of halogens is 1. The summed E-state index contributed by atoms with van der Waals surface area (Å²) in [6.07, 6.45) is 3.05. The predicted molar refractivity (Wildman–Crippen MR) is 102 cm³/mol. The summed E-state index contributed by atoms with van der Waals surface area (Å²) < 4.78 is 19.7. The number of nitrogens with zero attached hydrogens (tertiary/aromatic N) is 5. The van der Waals surface area contributed by atoms with Crippen molar-refractivity contribution in [1.29, 1.82) is 0 Å². The third-order valence-corrected chi connectivity index (χ3v) is 5.05. The van der Waals surface area contributed by atoms with Crippen molar-refractivity contribution < 1.29 is 13.7 Å². The summed E-state index contributed by atoms with van der Waals surface area (Å²) >= 11 is 1.28. The zero-order chi connectivity index (χ0) is 19.7. The summed E-state index contributed by atoms with van der Waals surface area (Å²) in [6.45, 7) is 3.52. The molecule has 0 aliphatic rings. The van der Waals surface area contributed by atoms with E-state index in [1.165, 1.54) is 30.2 Å². The lowest BCUT2D eigenvalue weighted by Gasteiger charge is -2.10. The molecule has 1 N–H and O–H groups in total. The van der Waals surface area contributed by atoms with Crippen molar-refractivity contribution >= 4 is 34.5 Å². The second-order valence-electron chi connectivity index (χ2n) is 6.02. The van der Waals surface area contributed by atoms with Crippen LogP contribution in [0, 0.1) is 12.7 Å². The Morgan fingerprint density at radius 1 is 1.29 bits per heavy atom. The van der Waals surface area contributed by atoms with Crippen molar-refractivity contribution in [3.8, 4) is 5.69 Å². The van der Waals surface area contributed by atoms with Gasteiger partial charge in [-0.25, -0.2) is 19.0 Å². The SMILES string of the molecule is Cc1cc(NC(=O)C(C)Sc2ncnc3c2cnn3-c2ccc(F)cc2)no1. The maximum atomic E-state index is 13.2. The fraction of sp³-hybridized carbons (Fsp3) is 0.167. The highest BCUT2D eigenvalue weighted by molar-refractivity contribution is 8.00. The molecule has 1 amide bonds. The number of nitrogens with one attached hydrogen (secondary N) is 1. The summed E-state index contributed by atoms with van der Waals surface area (Å²) in [5.74, 6) is 0.428. The van der Waals surface area contributed by atoms with Gasteiger partial charge in [0.05, 0.1) is 22.5 Å². The van der Waals surface area contributed by atoms with Crippen molar-refractivity contribution in [2.24, 2.45) is 0 Å². The first-order chi connectivity index (χ1) is 13.5. The minimum Gasteiger partial charge on any atom is -0.360 e. The average Bonchev–Trinajstić information content (AvgIpc) is 3.29. The van der Waals surface area contributed by atoms with Gasteiger partial charge in [-0.1, -0.05) is 16.9 Å². The minimum atomic E-state index is -0.440. The largest absolute Gasteiger partial charge is 0.360 e. The number of carbonyl (C=O) groups excluding carboxylic acids is 1. The molecular formula is C18H15FN6O2S. The predicted octanol–water partition coefficient (Wildman–Crippen LogP) is 3.37. The number of hydrogen-bond donors (Lipinski definition) is 1. The van der Waals surface area contributed by atoms with Gasteiger partial charge in [-0.3, -0.25) is 4.79 Å². The van der Waals surface area contributed by atoms with E-state index in [0.29, 0.717) is 33.3 Å². The molecule has 0 bridgehead atoms. The minimum absolute atomic E-state index is 0.226. The molecule has 0 radical (unpaired) electrons. The molecule has 10 heteroatoms. The first-order valence-electron chi connectivity index (χ1n) is 8.37. The topological polar surface area (TPSA) is 98.7 Å². The summed E-state index contributed by atoms with van der Waals surface area (Å²) in [4.78, 5) is 21.0. The van der Waals surface area contributed by atoms with Crippen molar-refractivity contribution in [2.75, 3.05) is 5.32 Å². The number of aryl methyl sites for hydroxylation is 1. The number of anilines is 1. The van der Waals surface area contributed by atoms with Gasteiger partial charge in [0.2, 0.25) is 5.91 Å². The lowest BCUT2D eigenvalue weighted by Crippen LogP contribution is -2.22. The van der Waals surface area contributed by atoms with Gasteiger partial charge in [0, 0.05) is 6.07 Å². The van der Waals surface area contributed by atoms with E-state index < -0.39 is 5.25 Å². The van der Waals surface area contributed by atoms with Crippen LogP contribution in [-0.4, -0.2) is 36.1 Å². The quantitative estimate of drug-likeness (QED) is 0.406. The first kappa shape index (κ1) is 18.1. The van der Waals surface area contributed by atoms with E-state index in [2.05, 4.69) is 25.5 Å². The Kier molecular flexibility index (Phi) is 4.78. The number of thioether (sulfide) groups is 1. The molecule has 4 rings (SSSR count). The zero-order valence-corrected chi connectivity index (χ0v) is 15.8.